The zero-order chi connectivity index (χ0) is 21.9. The van der Waals surface area contributed by atoms with Crippen LogP contribution in [0.4, 0.5) is 0 Å². The molecule has 0 radical (unpaired) electrons. The van der Waals surface area contributed by atoms with Crippen LogP contribution in [-0.4, -0.2) is 19.6 Å². The molecule has 0 amide bonds. The molecule has 4 N–H and O–H groups in total. The molecule has 0 saturated heterocycles. The fraction of sp³-hybridized carbons (Fsp3) is 0. The van der Waals surface area contributed by atoms with Gasteiger partial charge in [-0.3, -0.25) is 0 Å². The first-order valence-electron chi connectivity index (χ1n) is 9.66. The Labute approximate surface area is 191 Å². The molecule has 0 aliphatic heterocycles. The number of rotatable bonds is 4. The summed E-state index contributed by atoms with van der Waals surface area (Å²) in [6, 6.07) is 27.6. The van der Waals surface area contributed by atoms with Gasteiger partial charge in [0.1, 0.15) is 10.0 Å². The highest BCUT2D eigenvalue weighted by atomic mass is 32.1. The number of nitrogens with two attached hydrogens (primary N) is 2. The molecule has 8 nitrogen and oxygen atoms in total. The van der Waals surface area contributed by atoms with Crippen molar-refractivity contribution in [2.45, 2.75) is 0 Å². The largest absolute Gasteiger partial charge is 0.320 e. The van der Waals surface area contributed by atoms with Gasteiger partial charge in [-0.15, -0.1) is 0 Å². The summed E-state index contributed by atoms with van der Waals surface area (Å²) in [6.07, 6.45) is 0. The minimum atomic E-state index is 0.619. The predicted molar refractivity (Wildman–Crippen MR) is 127 cm³/mol. The second-order valence-electron chi connectivity index (χ2n) is 6.71. The molecule has 2 aromatic heterocycles. The molecule has 0 fully saturated rings. The van der Waals surface area contributed by atoms with Crippen molar-refractivity contribution in [3.63, 3.8) is 0 Å². The van der Waals surface area contributed by atoms with Gasteiger partial charge in [-0.1, -0.05) is 83.3 Å². The van der Waals surface area contributed by atoms with Crippen LogP contribution in [0.15, 0.2) is 95.1 Å². The molecular formula is C22H18N8S2. The molecule has 0 aliphatic rings. The topological polar surface area (TPSA) is 112 Å². The summed E-state index contributed by atoms with van der Waals surface area (Å²) >= 11 is 2.86. The van der Waals surface area contributed by atoms with Crippen LogP contribution in [0.1, 0.15) is 0 Å². The van der Waals surface area contributed by atoms with Gasteiger partial charge >= 0.3 is 0 Å². The standard InChI is InChI=1S/C22H18N8S2/c23-25-21-29(17-7-3-1-4-8-17)27-19(31-21)15-11-13-16(14-12-15)20-28-30(22(26-24)32-20)18-9-5-2-6-10-18/h1-14H,23-24H2/b25-21-,26-22-. The van der Waals surface area contributed by atoms with Crippen LogP contribution in [0.2, 0.25) is 0 Å². The van der Waals surface area contributed by atoms with Crippen molar-refractivity contribution in [3.8, 4) is 32.5 Å². The van der Waals surface area contributed by atoms with Crippen molar-refractivity contribution in [3.05, 3.63) is 94.5 Å². The molecule has 0 spiro atoms. The summed E-state index contributed by atoms with van der Waals surface area (Å²) in [6.45, 7) is 0. The Kier molecular flexibility index (Phi) is 5.36. The molecule has 0 aliphatic carbocycles. The van der Waals surface area contributed by atoms with Gasteiger partial charge in [-0.25, -0.2) is 9.36 Å². The van der Waals surface area contributed by atoms with Crippen LogP contribution in [0.3, 0.4) is 0 Å². The van der Waals surface area contributed by atoms with Crippen LogP contribution >= 0.6 is 22.7 Å². The highest BCUT2D eigenvalue weighted by molar-refractivity contribution is 7.12. The number of hydrogen-bond acceptors (Lipinski definition) is 8. The maximum absolute atomic E-state index is 5.60. The number of hydrogen-bond donors (Lipinski definition) is 2. The minimum Gasteiger partial charge on any atom is -0.320 e. The third-order valence-corrected chi connectivity index (χ3v) is 6.66. The Morgan fingerprint density at radius 3 is 1.28 bits per heavy atom. The Morgan fingerprint density at radius 1 is 0.562 bits per heavy atom. The van der Waals surface area contributed by atoms with Crippen molar-refractivity contribution >= 4 is 22.7 Å². The Morgan fingerprint density at radius 2 is 0.938 bits per heavy atom. The highest BCUT2D eigenvalue weighted by Crippen LogP contribution is 2.26. The fourth-order valence-corrected chi connectivity index (χ4v) is 4.86. The zero-order valence-electron chi connectivity index (χ0n) is 16.7. The van der Waals surface area contributed by atoms with Crippen LogP contribution < -0.4 is 21.3 Å². The van der Waals surface area contributed by atoms with E-state index in [2.05, 4.69) is 10.2 Å². The lowest BCUT2D eigenvalue weighted by molar-refractivity contribution is 0.823. The first-order chi connectivity index (χ1) is 15.8. The molecule has 3 aromatic carbocycles. The van der Waals surface area contributed by atoms with E-state index in [0.29, 0.717) is 9.60 Å². The number of nitrogens with zero attached hydrogens (tertiary/aromatic N) is 6. The number of benzene rings is 3. The first-order valence-corrected chi connectivity index (χ1v) is 11.3. The summed E-state index contributed by atoms with van der Waals surface area (Å²) < 4.78 is 3.49. The Bertz CT molecular complexity index is 1360. The first kappa shape index (κ1) is 19.9. The summed E-state index contributed by atoms with van der Waals surface area (Å²) in [5.74, 6) is 11.2. The summed E-state index contributed by atoms with van der Waals surface area (Å²) in [7, 11) is 0. The van der Waals surface area contributed by atoms with Crippen LogP contribution in [0.25, 0.3) is 32.5 Å². The van der Waals surface area contributed by atoms with E-state index in [1.807, 2.05) is 84.9 Å². The van der Waals surface area contributed by atoms with Crippen molar-refractivity contribution in [1.29, 1.82) is 0 Å². The SMILES string of the molecule is N/N=c1\sc(-c2ccc(-c3nn(-c4ccccc4)/c(=N/N)s3)cc2)nn1-c1ccccc1. The highest BCUT2D eigenvalue weighted by Gasteiger charge is 2.12. The predicted octanol–water partition coefficient (Wildman–Crippen LogP) is 3.06. The monoisotopic (exact) mass is 458 g/mol. The van der Waals surface area contributed by atoms with Crippen LogP contribution in [0.5, 0.6) is 0 Å². The van der Waals surface area contributed by atoms with Gasteiger partial charge in [0.15, 0.2) is 0 Å². The summed E-state index contributed by atoms with van der Waals surface area (Å²) in [5, 5.41) is 18.8. The molecule has 0 bridgehead atoms. The van der Waals surface area contributed by atoms with Gasteiger partial charge in [-0.05, 0) is 24.3 Å². The molecule has 5 rings (SSSR count). The van der Waals surface area contributed by atoms with Gasteiger partial charge in [0.05, 0.1) is 11.4 Å². The second-order valence-corrected chi connectivity index (χ2v) is 8.62. The van der Waals surface area contributed by atoms with E-state index in [1.165, 1.54) is 22.7 Å². The fourth-order valence-electron chi connectivity index (χ4n) is 3.19. The average Bonchev–Trinajstić information content (AvgIpc) is 3.50. The lowest BCUT2D eigenvalue weighted by atomic mass is 10.1. The van der Waals surface area contributed by atoms with Crippen molar-refractivity contribution in [2.24, 2.45) is 21.9 Å². The molecular weight excluding hydrogens is 440 g/mol. The zero-order valence-corrected chi connectivity index (χ0v) is 18.4. The van der Waals surface area contributed by atoms with Crippen LogP contribution in [-0.2, 0) is 0 Å². The number of para-hydroxylation sites is 2. The third-order valence-electron chi connectivity index (χ3n) is 4.72. The van der Waals surface area contributed by atoms with E-state index in [0.717, 1.165) is 32.5 Å². The van der Waals surface area contributed by atoms with E-state index in [1.54, 1.807) is 9.36 Å². The van der Waals surface area contributed by atoms with Gasteiger partial charge < -0.3 is 11.7 Å². The average molecular weight is 459 g/mol. The van der Waals surface area contributed by atoms with Gasteiger partial charge in [0, 0.05) is 11.1 Å². The normalized spacial score (nSPS) is 12.4. The smallest absolute Gasteiger partial charge is 0.230 e. The molecule has 10 heteroatoms. The van der Waals surface area contributed by atoms with E-state index in [9.17, 15) is 0 Å². The lowest BCUT2D eigenvalue weighted by Crippen LogP contribution is -2.16. The van der Waals surface area contributed by atoms with E-state index in [-0.39, 0.29) is 0 Å². The summed E-state index contributed by atoms with van der Waals surface area (Å²) in [5.41, 5.74) is 3.74. The van der Waals surface area contributed by atoms with Crippen LogP contribution in [0, 0.1) is 0 Å². The van der Waals surface area contributed by atoms with Crippen molar-refractivity contribution in [1.82, 2.24) is 19.6 Å². The van der Waals surface area contributed by atoms with Gasteiger partial charge in [0.2, 0.25) is 9.60 Å². The molecule has 0 unspecified atom stereocenters. The molecule has 0 saturated carbocycles. The minimum absolute atomic E-state index is 0.619. The Balaban J connectivity index is 1.50. The summed E-state index contributed by atoms with van der Waals surface area (Å²) in [4.78, 5) is 1.24. The molecule has 158 valence electrons. The maximum Gasteiger partial charge on any atom is 0.230 e. The van der Waals surface area contributed by atoms with E-state index >= 15 is 0 Å². The van der Waals surface area contributed by atoms with E-state index < -0.39 is 0 Å². The third kappa shape index (κ3) is 3.72. The van der Waals surface area contributed by atoms with Crippen molar-refractivity contribution < 1.29 is 0 Å². The maximum atomic E-state index is 5.60. The molecule has 32 heavy (non-hydrogen) atoms. The number of aromatic nitrogens is 4. The molecule has 5 aromatic rings. The molecule has 0 atom stereocenters. The van der Waals surface area contributed by atoms with Gasteiger partial charge in [0.25, 0.3) is 0 Å². The second kappa shape index (κ2) is 8.61. The quantitative estimate of drug-likeness (QED) is 0.318. The van der Waals surface area contributed by atoms with Gasteiger partial charge in [-0.2, -0.15) is 20.4 Å². The van der Waals surface area contributed by atoms with E-state index in [4.69, 9.17) is 21.9 Å². The lowest BCUT2D eigenvalue weighted by Gasteiger charge is -2.01. The Hall–Kier alpha value is -4.02. The van der Waals surface area contributed by atoms with Crippen molar-refractivity contribution in [2.75, 3.05) is 0 Å². The molecule has 2 heterocycles.